The van der Waals surface area contributed by atoms with Crippen LogP contribution in [0.5, 0.6) is 0 Å². The molecule has 17 heavy (non-hydrogen) atoms. The number of carboxylic acids is 1. The molecule has 0 aromatic heterocycles. The van der Waals surface area contributed by atoms with Gasteiger partial charge in [0, 0.05) is 19.7 Å². The molecule has 0 saturated heterocycles. The van der Waals surface area contributed by atoms with E-state index in [9.17, 15) is 18.0 Å². The lowest BCUT2D eigenvalue weighted by molar-refractivity contribution is -0.192. The maximum atomic E-state index is 12.2. The van der Waals surface area contributed by atoms with Crippen molar-refractivity contribution in [2.75, 3.05) is 26.3 Å². The average molecular weight is 255 g/mol. The number of hydrogen-bond donors (Lipinski definition) is 2. The zero-order valence-corrected chi connectivity index (χ0v) is 9.29. The lowest BCUT2D eigenvalue weighted by Gasteiger charge is -2.16. The summed E-state index contributed by atoms with van der Waals surface area (Å²) in [7, 11) is 0. The highest BCUT2D eigenvalue weighted by molar-refractivity contribution is 5.71. The molecule has 0 aromatic rings. The molecule has 7 heteroatoms. The van der Waals surface area contributed by atoms with Gasteiger partial charge < -0.3 is 15.2 Å². The third-order valence-corrected chi connectivity index (χ3v) is 2.52. The van der Waals surface area contributed by atoms with Crippen LogP contribution in [0, 0.1) is 11.8 Å². The highest BCUT2D eigenvalue weighted by atomic mass is 19.4. The summed E-state index contributed by atoms with van der Waals surface area (Å²) in [6, 6.07) is 0. The van der Waals surface area contributed by atoms with Crippen molar-refractivity contribution >= 4 is 5.97 Å². The molecule has 4 nitrogen and oxygen atoms in total. The summed E-state index contributed by atoms with van der Waals surface area (Å²) in [5, 5.41) is 10.8. The van der Waals surface area contributed by atoms with Crippen LogP contribution in [0.2, 0.25) is 0 Å². The van der Waals surface area contributed by atoms with Gasteiger partial charge in [0.15, 0.2) is 5.92 Å². The van der Waals surface area contributed by atoms with E-state index in [2.05, 4.69) is 5.32 Å². The van der Waals surface area contributed by atoms with Crippen LogP contribution in [0.1, 0.15) is 12.8 Å². The molecule has 2 N–H and O–H groups in total. The van der Waals surface area contributed by atoms with Crippen molar-refractivity contribution in [3.8, 4) is 0 Å². The van der Waals surface area contributed by atoms with E-state index in [1.165, 1.54) is 0 Å². The number of carbonyl (C=O) groups is 1. The van der Waals surface area contributed by atoms with E-state index < -0.39 is 24.6 Å². The zero-order valence-electron chi connectivity index (χ0n) is 9.29. The van der Waals surface area contributed by atoms with E-state index in [0.29, 0.717) is 19.1 Å². The summed E-state index contributed by atoms with van der Waals surface area (Å²) in [5.74, 6) is -3.60. The topological polar surface area (TPSA) is 58.6 Å². The third-order valence-electron chi connectivity index (χ3n) is 2.52. The smallest absolute Gasteiger partial charge is 0.403 e. The minimum atomic E-state index is -4.71. The van der Waals surface area contributed by atoms with Crippen molar-refractivity contribution in [2.45, 2.75) is 19.0 Å². The van der Waals surface area contributed by atoms with E-state index in [4.69, 9.17) is 9.84 Å². The normalized spacial score (nSPS) is 18.1. The molecule has 100 valence electrons. The molecule has 0 bridgehead atoms. The van der Waals surface area contributed by atoms with Crippen LogP contribution in [0.25, 0.3) is 0 Å². The fourth-order valence-electron chi connectivity index (χ4n) is 1.27. The zero-order chi connectivity index (χ0) is 12.9. The Morgan fingerprint density at radius 3 is 2.59 bits per heavy atom. The van der Waals surface area contributed by atoms with Gasteiger partial charge in [-0.2, -0.15) is 13.2 Å². The van der Waals surface area contributed by atoms with Crippen molar-refractivity contribution in [2.24, 2.45) is 11.8 Å². The van der Waals surface area contributed by atoms with Crippen LogP contribution in [0.3, 0.4) is 0 Å². The van der Waals surface area contributed by atoms with Crippen molar-refractivity contribution in [3.63, 3.8) is 0 Å². The fraction of sp³-hybridized carbons (Fsp3) is 0.900. The summed E-state index contributed by atoms with van der Waals surface area (Å²) in [6.07, 6.45) is -2.40. The Morgan fingerprint density at radius 2 is 2.12 bits per heavy atom. The van der Waals surface area contributed by atoms with Gasteiger partial charge in [0.05, 0.1) is 6.61 Å². The second-order valence-corrected chi connectivity index (χ2v) is 4.15. The van der Waals surface area contributed by atoms with Gasteiger partial charge in [-0.25, -0.2) is 0 Å². The number of ether oxygens (including phenoxy) is 1. The summed E-state index contributed by atoms with van der Waals surface area (Å²) in [5.41, 5.74) is 0. The predicted octanol–water partition coefficient (Wildman–Crippen LogP) is 1.27. The van der Waals surface area contributed by atoms with Crippen LogP contribution >= 0.6 is 0 Å². The van der Waals surface area contributed by atoms with Gasteiger partial charge >= 0.3 is 12.1 Å². The van der Waals surface area contributed by atoms with Gasteiger partial charge in [0.2, 0.25) is 0 Å². The summed E-state index contributed by atoms with van der Waals surface area (Å²) in [6.45, 7) is 0.558. The molecule has 1 aliphatic rings. The Hall–Kier alpha value is -0.820. The SMILES string of the molecule is O=C(O)C(CNCCOCC1CC1)C(F)(F)F. The first kappa shape index (κ1) is 14.2. The maximum Gasteiger partial charge on any atom is 0.403 e. The molecule has 0 heterocycles. The molecular formula is C10H16F3NO3. The fourth-order valence-corrected chi connectivity index (χ4v) is 1.27. The van der Waals surface area contributed by atoms with E-state index in [1.54, 1.807) is 0 Å². The third kappa shape index (κ3) is 5.88. The second-order valence-electron chi connectivity index (χ2n) is 4.15. The molecule has 1 fully saturated rings. The number of hydrogen-bond acceptors (Lipinski definition) is 3. The number of carboxylic acid groups (broad SMARTS) is 1. The van der Waals surface area contributed by atoms with E-state index >= 15 is 0 Å². The van der Waals surface area contributed by atoms with E-state index in [-0.39, 0.29) is 6.54 Å². The Bertz CT molecular complexity index is 254. The van der Waals surface area contributed by atoms with Gasteiger partial charge in [0.25, 0.3) is 0 Å². The molecule has 0 radical (unpaired) electrons. The maximum absolute atomic E-state index is 12.2. The summed E-state index contributed by atoms with van der Waals surface area (Å²) in [4.78, 5) is 10.4. The van der Waals surface area contributed by atoms with Crippen LogP contribution in [-0.2, 0) is 9.53 Å². The van der Waals surface area contributed by atoms with Gasteiger partial charge in [-0.15, -0.1) is 0 Å². The van der Waals surface area contributed by atoms with Crippen molar-refractivity contribution in [1.82, 2.24) is 5.32 Å². The van der Waals surface area contributed by atoms with Crippen LogP contribution in [0.4, 0.5) is 13.2 Å². The monoisotopic (exact) mass is 255 g/mol. The first-order valence-electron chi connectivity index (χ1n) is 5.49. The van der Waals surface area contributed by atoms with Crippen LogP contribution in [-0.4, -0.2) is 43.6 Å². The number of rotatable bonds is 8. The molecule has 0 amide bonds. The largest absolute Gasteiger partial charge is 0.481 e. The predicted molar refractivity (Wildman–Crippen MR) is 53.6 cm³/mol. The molecular weight excluding hydrogens is 239 g/mol. The standard InChI is InChI=1S/C10H16F3NO3/c11-10(12,13)8(9(15)16)5-14-3-4-17-6-7-1-2-7/h7-8,14H,1-6H2,(H,15,16). The molecule has 1 aliphatic carbocycles. The summed E-state index contributed by atoms with van der Waals surface area (Å²) < 4.78 is 41.8. The van der Waals surface area contributed by atoms with Crippen LogP contribution < -0.4 is 5.32 Å². The van der Waals surface area contributed by atoms with Crippen molar-refractivity contribution < 1.29 is 27.8 Å². The highest BCUT2D eigenvalue weighted by Gasteiger charge is 2.44. The minimum Gasteiger partial charge on any atom is -0.481 e. The molecule has 1 saturated carbocycles. The Kier molecular flexibility index (Phi) is 5.20. The molecule has 0 aliphatic heterocycles. The van der Waals surface area contributed by atoms with Gasteiger partial charge in [-0.05, 0) is 18.8 Å². The van der Waals surface area contributed by atoms with Gasteiger partial charge in [-0.3, -0.25) is 4.79 Å². The van der Waals surface area contributed by atoms with E-state index in [1.807, 2.05) is 0 Å². The van der Waals surface area contributed by atoms with Gasteiger partial charge in [-0.1, -0.05) is 0 Å². The lowest BCUT2D eigenvalue weighted by atomic mass is 10.1. The molecule has 1 unspecified atom stereocenters. The number of nitrogens with one attached hydrogen (secondary N) is 1. The molecule has 1 atom stereocenters. The first-order chi connectivity index (χ1) is 7.91. The van der Waals surface area contributed by atoms with Crippen molar-refractivity contribution in [3.05, 3.63) is 0 Å². The molecule has 1 rings (SSSR count). The Balaban J connectivity index is 2.07. The Labute approximate surface area is 97.1 Å². The second kappa shape index (κ2) is 6.20. The van der Waals surface area contributed by atoms with Crippen molar-refractivity contribution in [1.29, 1.82) is 0 Å². The molecule has 0 aromatic carbocycles. The highest BCUT2D eigenvalue weighted by Crippen LogP contribution is 2.28. The number of halogens is 3. The number of alkyl halides is 3. The quantitative estimate of drug-likeness (QED) is 0.641. The summed E-state index contributed by atoms with van der Waals surface area (Å²) >= 11 is 0. The minimum absolute atomic E-state index is 0.229. The average Bonchev–Trinajstić information content (AvgIpc) is 2.97. The van der Waals surface area contributed by atoms with Gasteiger partial charge in [0.1, 0.15) is 0 Å². The molecule has 0 spiro atoms. The first-order valence-corrected chi connectivity index (χ1v) is 5.49. The lowest BCUT2D eigenvalue weighted by Crippen LogP contribution is -2.40. The Morgan fingerprint density at radius 1 is 1.47 bits per heavy atom. The number of aliphatic carboxylic acids is 1. The van der Waals surface area contributed by atoms with E-state index in [0.717, 1.165) is 12.8 Å². The van der Waals surface area contributed by atoms with Crippen LogP contribution in [0.15, 0.2) is 0 Å².